The fourth-order valence-corrected chi connectivity index (χ4v) is 3.27. The van der Waals surface area contributed by atoms with Crippen molar-refractivity contribution in [3.05, 3.63) is 66.6 Å². The van der Waals surface area contributed by atoms with Gasteiger partial charge in [0.15, 0.2) is 11.0 Å². The number of benzene rings is 1. The molecule has 0 fully saturated rings. The van der Waals surface area contributed by atoms with Crippen molar-refractivity contribution in [2.24, 2.45) is 0 Å². The van der Waals surface area contributed by atoms with Gasteiger partial charge < -0.3 is 9.73 Å². The largest absolute Gasteiger partial charge is 0.467 e. The van der Waals surface area contributed by atoms with E-state index in [4.69, 9.17) is 4.42 Å². The summed E-state index contributed by atoms with van der Waals surface area (Å²) >= 11 is 1.35. The van der Waals surface area contributed by atoms with E-state index >= 15 is 0 Å². The highest BCUT2D eigenvalue weighted by atomic mass is 32.2. The van der Waals surface area contributed by atoms with Gasteiger partial charge in [0.05, 0.1) is 18.6 Å². The van der Waals surface area contributed by atoms with Gasteiger partial charge in [0.1, 0.15) is 5.76 Å². The zero-order valence-electron chi connectivity index (χ0n) is 14.5. The van der Waals surface area contributed by atoms with Crippen LogP contribution in [0.25, 0.3) is 11.4 Å². The van der Waals surface area contributed by atoms with Crippen LogP contribution < -0.4 is 5.32 Å². The molecule has 2 heterocycles. The molecule has 0 saturated heterocycles. The van der Waals surface area contributed by atoms with Gasteiger partial charge in [-0.3, -0.25) is 9.36 Å². The summed E-state index contributed by atoms with van der Waals surface area (Å²) in [6.45, 7) is 6.80. The Morgan fingerprint density at radius 1 is 1.31 bits per heavy atom. The minimum atomic E-state index is -0.0861. The number of amides is 1. The fraction of sp³-hybridized carbons (Fsp3) is 0.211. The van der Waals surface area contributed by atoms with Gasteiger partial charge in [-0.25, -0.2) is 0 Å². The van der Waals surface area contributed by atoms with Gasteiger partial charge in [-0.2, -0.15) is 0 Å². The first-order valence-corrected chi connectivity index (χ1v) is 9.19. The number of hydrogen-bond donors (Lipinski definition) is 1. The average molecular weight is 368 g/mol. The molecule has 1 amide bonds. The zero-order valence-corrected chi connectivity index (χ0v) is 15.3. The maximum absolute atomic E-state index is 12.1. The normalized spacial score (nSPS) is 10.7. The molecule has 0 aliphatic heterocycles. The molecule has 0 atom stereocenters. The number of hydrogen-bond acceptors (Lipinski definition) is 5. The standard InChI is InChI=1S/C19H20N4O2S/c1-3-10-23-18(16-9-5-4-7-14(16)2)21-22-19(23)26-13-17(24)20-12-15-8-6-11-25-15/h3-9,11H,1,10,12-13H2,2H3,(H,20,24). The Balaban J connectivity index is 1.69. The Morgan fingerprint density at radius 2 is 2.15 bits per heavy atom. The van der Waals surface area contributed by atoms with Crippen molar-refractivity contribution >= 4 is 17.7 Å². The lowest BCUT2D eigenvalue weighted by Crippen LogP contribution is -2.24. The maximum atomic E-state index is 12.1. The number of furan rings is 1. The van der Waals surface area contributed by atoms with Gasteiger partial charge in [-0.05, 0) is 24.6 Å². The van der Waals surface area contributed by atoms with Crippen LogP contribution in [0.4, 0.5) is 0 Å². The molecule has 1 N–H and O–H groups in total. The lowest BCUT2D eigenvalue weighted by Gasteiger charge is -2.09. The molecule has 134 valence electrons. The third kappa shape index (κ3) is 4.23. The van der Waals surface area contributed by atoms with Crippen LogP contribution >= 0.6 is 11.8 Å². The first kappa shape index (κ1) is 18.0. The van der Waals surface area contributed by atoms with E-state index in [0.717, 1.165) is 22.7 Å². The lowest BCUT2D eigenvalue weighted by atomic mass is 10.1. The number of carbonyl (C=O) groups is 1. The summed E-state index contributed by atoms with van der Waals surface area (Å²) in [6.07, 6.45) is 3.38. The molecule has 0 saturated carbocycles. The highest BCUT2D eigenvalue weighted by Crippen LogP contribution is 2.26. The number of rotatable bonds is 8. The summed E-state index contributed by atoms with van der Waals surface area (Å²) in [5, 5.41) is 12.1. The molecule has 6 nitrogen and oxygen atoms in total. The van der Waals surface area contributed by atoms with Crippen molar-refractivity contribution in [2.75, 3.05) is 5.75 Å². The molecule has 1 aromatic carbocycles. The van der Waals surface area contributed by atoms with E-state index in [1.807, 2.05) is 41.8 Å². The van der Waals surface area contributed by atoms with E-state index in [-0.39, 0.29) is 11.7 Å². The Morgan fingerprint density at radius 3 is 2.88 bits per heavy atom. The summed E-state index contributed by atoms with van der Waals surface area (Å²) in [5.74, 6) is 1.67. The predicted octanol–water partition coefficient (Wildman–Crippen LogP) is 3.44. The van der Waals surface area contributed by atoms with Gasteiger partial charge in [0.2, 0.25) is 5.91 Å². The van der Waals surface area contributed by atoms with Crippen LogP contribution in [-0.2, 0) is 17.9 Å². The monoisotopic (exact) mass is 368 g/mol. The van der Waals surface area contributed by atoms with Crippen LogP contribution in [0.15, 0.2) is 64.9 Å². The maximum Gasteiger partial charge on any atom is 0.230 e. The second kappa shape index (κ2) is 8.53. The molecule has 3 aromatic rings. The summed E-state index contributed by atoms with van der Waals surface area (Å²) < 4.78 is 7.17. The molecule has 3 rings (SSSR count). The van der Waals surface area contributed by atoms with Crippen molar-refractivity contribution < 1.29 is 9.21 Å². The van der Waals surface area contributed by atoms with E-state index < -0.39 is 0 Å². The molecule has 0 aliphatic rings. The van der Waals surface area contributed by atoms with Gasteiger partial charge >= 0.3 is 0 Å². The highest BCUT2D eigenvalue weighted by Gasteiger charge is 2.16. The van der Waals surface area contributed by atoms with Crippen molar-refractivity contribution in [1.29, 1.82) is 0 Å². The molecule has 0 spiro atoms. The van der Waals surface area contributed by atoms with Crippen molar-refractivity contribution in [3.8, 4) is 11.4 Å². The molecule has 0 aliphatic carbocycles. The minimum absolute atomic E-state index is 0.0861. The summed E-state index contributed by atoms with van der Waals surface area (Å²) in [4.78, 5) is 12.1. The van der Waals surface area contributed by atoms with Crippen LogP contribution in [0.5, 0.6) is 0 Å². The number of thioether (sulfide) groups is 1. The van der Waals surface area contributed by atoms with Crippen molar-refractivity contribution in [1.82, 2.24) is 20.1 Å². The first-order chi connectivity index (χ1) is 12.7. The van der Waals surface area contributed by atoms with Crippen LogP contribution in [0.2, 0.25) is 0 Å². The van der Waals surface area contributed by atoms with Crippen LogP contribution in [-0.4, -0.2) is 26.4 Å². The molecule has 0 unspecified atom stereocenters. The average Bonchev–Trinajstić information content (AvgIpc) is 3.29. The second-order valence-electron chi connectivity index (χ2n) is 5.67. The molecule has 7 heteroatoms. The third-order valence-corrected chi connectivity index (χ3v) is 4.75. The van der Waals surface area contributed by atoms with Crippen LogP contribution in [0, 0.1) is 6.92 Å². The topological polar surface area (TPSA) is 73.0 Å². The van der Waals surface area contributed by atoms with Gasteiger partial charge in [-0.15, -0.1) is 16.8 Å². The lowest BCUT2D eigenvalue weighted by molar-refractivity contribution is -0.118. The van der Waals surface area contributed by atoms with Crippen LogP contribution in [0.1, 0.15) is 11.3 Å². The van der Waals surface area contributed by atoms with Gasteiger partial charge in [0, 0.05) is 12.1 Å². The number of allylic oxidation sites excluding steroid dienone is 1. The van der Waals surface area contributed by atoms with Crippen LogP contribution in [0.3, 0.4) is 0 Å². The SMILES string of the molecule is C=CCn1c(SCC(=O)NCc2ccco2)nnc1-c1ccccc1C. The molecule has 0 radical (unpaired) electrons. The van der Waals surface area contributed by atoms with Gasteiger partial charge in [-0.1, -0.05) is 42.1 Å². The number of nitrogens with zero attached hydrogens (tertiary/aromatic N) is 3. The second-order valence-corrected chi connectivity index (χ2v) is 6.61. The molecule has 26 heavy (non-hydrogen) atoms. The Kier molecular flexibility index (Phi) is 5.91. The molecule has 2 aromatic heterocycles. The molecular formula is C19H20N4O2S. The van der Waals surface area contributed by atoms with E-state index in [0.29, 0.717) is 18.2 Å². The fourth-order valence-electron chi connectivity index (χ4n) is 2.49. The highest BCUT2D eigenvalue weighted by molar-refractivity contribution is 7.99. The van der Waals surface area contributed by atoms with E-state index in [9.17, 15) is 4.79 Å². The first-order valence-electron chi connectivity index (χ1n) is 8.21. The van der Waals surface area contributed by atoms with Crippen molar-refractivity contribution in [3.63, 3.8) is 0 Å². The van der Waals surface area contributed by atoms with Crippen molar-refractivity contribution in [2.45, 2.75) is 25.2 Å². The summed E-state index contributed by atoms with van der Waals surface area (Å²) in [7, 11) is 0. The summed E-state index contributed by atoms with van der Waals surface area (Å²) in [6, 6.07) is 11.6. The van der Waals surface area contributed by atoms with Gasteiger partial charge in [0.25, 0.3) is 0 Å². The number of aryl methyl sites for hydroxylation is 1. The quantitative estimate of drug-likeness (QED) is 0.487. The Hall–Kier alpha value is -2.80. The van der Waals surface area contributed by atoms with E-state index in [1.54, 1.807) is 18.4 Å². The zero-order chi connectivity index (χ0) is 18.4. The third-order valence-electron chi connectivity index (χ3n) is 3.79. The number of nitrogens with one attached hydrogen (secondary N) is 1. The smallest absolute Gasteiger partial charge is 0.230 e. The van der Waals surface area contributed by atoms with E-state index in [1.165, 1.54) is 11.8 Å². The molecule has 0 bridgehead atoms. The van der Waals surface area contributed by atoms with E-state index in [2.05, 4.69) is 22.1 Å². The minimum Gasteiger partial charge on any atom is -0.467 e. The Labute approximate surface area is 156 Å². The Bertz CT molecular complexity index is 887. The number of carbonyl (C=O) groups excluding carboxylic acids is 1. The predicted molar refractivity (Wildman–Crippen MR) is 102 cm³/mol. The summed E-state index contributed by atoms with van der Waals surface area (Å²) in [5.41, 5.74) is 2.15. The molecular weight excluding hydrogens is 348 g/mol. The number of aromatic nitrogens is 3.